The summed E-state index contributed by atoms with van der Waals surface area (Å²) in [6, 6.07) is 11.9. The van der Waals surface area contributed by atoms with Gasteiger partial charge >= 0.3 is 0 Å². The highest BCUT2D eigenvalue weighted by atomic mass is 35.5. The van der Waals surface area contributed by atoms with Gasteiger partial charge in [0.25, 0.3) is 11.6 Å². The molecule has 2 aromatic carbocycles. The average molecular weight is 345 g/mol. The Morgan fingerprint density at radius 1 is 1.25 bits per heavy atom. The molecule has 124 valence electrons. The Labute approximate surface area is 144 Å². The Bertz CT molecular complexity index is 785. The van der Waals surface area contributed by atoms with Crippen molar-refractivity contribution >= 4 is 23.2 Å². The largest absolute Gasteiger partial charge is 0.345 e. The van der Waals surface area contributed by atoms with Crippen molar-refractivity contribution in [2.75, 3.05) is 0 Å². The van der Waals surface area contributed by atoms with E-state index in [0.29, 0.717) is 5.92 Å². The van der Waals surface area contributed by atoms with E-state index in [9.17, 15) is 14.9 Å². The predicted octanol–water partition coefficient (Wildman–Crippen LogP) is 4.44. The fourth-order valence-electron chi connectivity index (χ4n) is 2.70. The van der Waals surface area contributed by atoms with E-state index in [1.807, 2.05) is 31.2 Å². The van der Waals surface area contributed by atoms with Crippen molar-refractivity contribution in [1.82, 2.24) is 5.32 Å². The molecule has 0 bridgehead atoms. The van der Waals surface area contributed by atoms with Crippen molar-refractivity contribution in [3.63, 3.8) is 0 Å². The first-order valence-corrected chi connectivity index (χ1v) is 8.15. The third kappa shape index (κ3) is 3.57. The van der Waals surface area contributed by atoms with Crippen molar-refractivity contribution in [2.45, 2.75) is 25.8 Å². The van der Waals surface area contributed by atoms with Gasteiger partial charge in [-0.05, 0) is 37.3 Å². The van der Waals surface area contributed by atoms with E-state index in [-0.39, 0.29) is 28.2 Å². The molecule has 2 aromatic rings. The number of carbonyl (C=O) groups excluding carboxylic acids is 1. The molecule has 0 saturated heterocycles. The second kappa shape index (κ2) is 6.61. The fourth-order valence-corrected chi connectivity index (χ4v) is 2.96. The van der Waals surface area contributed by atoms with Gasteiger partial charge in [-0.25, -0.2) is 0 Å². The van der Waals surface area contributed by atoms with Gasteiger partial charge in [0.1, 0.15) is 0 Å². The monoisotopic (exact) mass is 344 g/mol. The van der Waals surface area contributed by atoms with E-state index in [4.69, 9.17) is 11.6 Å². The molecule has 1 N–H and O–H groups in total. The van der Waals surface area contributed by atoms with Crippen LogP contribution in [0.5, 0.6) is 0 Å². The molecule has 1 saturated carbocycles. The first-order chi connectivity index (χ1) is 11.5. The third-order valence-electron chi connectivity index (χ3n) is 4.22. The number of non-ortho nitro benzene ring substituents is 1. The number of nitrogens with zero attached hydrogens (tertiary/aromatic N) is 1. The molecule has 6 heteroatoms. The third-order valence-corrected chi connectivity index (χ3v) is 4.54. The molecule has 24 heavy (non-hydrogen) atoms. The SMILES string of the molecule is Cc1ccc([C@H](NC(=O)c2ccc([N+](=O)[O-])cc2Cl)C2CC2)cc1. The molecule has 1 aliphatic rings. The Hall–Kier alpha value is -2.40. The molecular weight excluding hydrogens is 328 g/mol. The van der Waals surface area contributed by atoms with Crippen LogP contribution in [-0.4, -0.2) is 10.8 Å². The lowest BCUT2D eigenvalue weighted by atomic mass is 10.0. The van der Waals surface area contributed by atoms with Crippen LogP contribution in [0.25, 0.3) is 0 Å². The van der Waals surface area contributed by atoms with Gasteiger partial charge in [0.05, 0.1) is 21.6 Å². The number of hydrogen-bond donors (Lipinski definition) is 1. The van der Waals surface area contributed by atoms with Crippen LogP contribution in [0.3, 0.4) is 0 Å². The van der Waals surface area contributed by atoms with Crippen LogP contribution < -0.4 is 5.32 Å². The number of nitrogens with one attached hydrogen (secondary N) is 1. The Morgan fingerprint density at radius 3 is 2.46 bits per heavy atom. The standard InChI is InChI=1S/C18H17ClN2O3/c1-11-2-4-12(5-3-11)17(13-6-7-13)20-18(22)15-9-8-14(21(23)24)10-16(15)19/h2-5,8-10,13,17H,6-7H2,1H3,(H,20,22)/t17-/m0/s1. The Kier molecular flexibility index (Phi) is 4.53. The van der Waals surface area contributed by atoms with Gasteiger partial charge in [0.15, 0.2) is 0 Å². The summed E-state index contributed by atoms with van der Waals surface area (Å²) in [5.41, 5.74) is 2.35. The number of aryl methyl sites for hydroxylation is 1. The highest BCUT2D eigenvalue weighted by Crippen LogP contribution is 2.41. The van der Waals surface area contributed by atoms with Gasteiger partial charge < -0.3 is 5.32 Å². The summed E-state index contributed by atoms with van der Waals surface area (Å²) in [6.45, 7) is 2.02. The zero-order valence-corrected chi connectivity index (χ0v) is 13.9. The zero-order chi connectivity index (χ0) is 17.3. The van der Waals surface area contributed by atoms with Crippen LogP contribution in [0, 0.1) is 23.0 Å². The summed E-state index contributed by atoms with van der Waals surface area (Å²) in [6.07, 6.45) is 2.15. The van der Waals surface area contributed by atoms with Gasteiger partial charge in [-0.15, -0.1) is 0 Å². The summed E-state index contributed by atoms with van der Waals surface area (Å²) in [5.74, 6) is 0.112. The summed E-state index contributed by atoms with van der Waals surface area (Å²) in [4.78, 5) is 22.8. The summed E-state index contributed by atoms with van der Waals surface area (Å²) in [7, 11) is 0. The highest BCUT2D eigenvalue weighted by molar-refractivity contribution is 6.34. The number of amides is 1. The number of nitro benzene ring substituents is 1. The van der Waals surface area contributed by atoms with Gasteiger partial charge in [-0.1, -0.05) is 41.4 Å². The van der Waals surface area contributed by atoms with Crippen molar-refractivity contribution in [3.8, 4) is 0 Å². The van der Waals surface area contributed by atoms with Crippen LogP contribution in [-0.2, 0) is 0 Å². The number of rotatable bonds is 5. The van der Waals surface area contributed by atoms with E-state index in [1.165, 1.54) is 18.2 Å². The number of halogens is 1. The molecule has 1 aliphatic carbocycles. The number of nitro groups is 1. The second-order valence-corrected chi connectivity index (χ2v) is 6.53. The van der Waals surface area contributed by atoms with Crippen LogP contribution >= 0.6 is 11.6 Å². The minimum absolute atomic E-state index is 0.0654. The van der Waals surface area contributed by atoms with Gasteiger partial charge in [-0.3, -0.25) is 14.9 Å². The van der Waals surface area contributed by atoms with Crippen molar-refractivity contribution < 1.29 is 9.72 Å². The van der Waals surface area contributed by atoms with E-state index in [1.54, 1.807) is 0 Å². The Morgan fingerprint density at radius 2 is 1.92 bits per heavy atom. The number of carbonyl (C=O) groups is 1. The first-order valence-electron chi connectivity index (χ1n) is 7.77. The molecule has 1 fully saturated rings. The van der Waals surface area contributed by atoms with Gasteiger partial charge in [-0.2, -0.15) is 0 Å². The zero-order valence-electron chi connectivity index (χ0n) is 13.2. The number of hydrogen-bond acceptors (Lipinski definition) is 3. The molecule has 1 amide bonds. The molecule has 0 spiro atoms. The molecule has 5 nitrogen and oxygen atoms in total. The van der Waals surface area contributed by atoms with Crippen LogP contribution in [0.1, 0.15) is 40.4 Å². The van der Waals surface area contributed by atoms with Crippen LogP contribution in [0.2, 0.25) is 5.02 Å². The maximum absolute atomic E-state index is 12.6. The molecule has 0 unspecified atom stereocenters. The smallest absolute Gasteiger partial charge is 0.270 e. The lowest BCUT2D eigenvalue weighted by Gasteiger charge is -2.19. The van der Waals surface area contributed by atoms with E-state index < -0.39 is 4.92 Å². The lowest BCUT2D eigenvalue weighted by molar-refractivity contribution is -0.384. The first kappa shape index (κ1) is 16.5. The number of benzene rings is 2. The lowest BCUT2D eigenvalue weighted by Crippen LogP contribution is -2.30. The van der Waals surface area contributed by atoms with Crippen molar-refractivity contribution in [2.24, 2.45) is 5.92 Å². The normalized spacial score (nSPS) is 14.9. The average Bonchev–Trinajstić information content (AvgIpc) is 3.38. The molecular formula is C18H17ClN2O3. The molecule has 0 aromatic heterocycles. The van der Waals surface area contributed by atoms with Gasteiger partial charge in [0.2, 0.25) is 0 Å². The fraction of sp³-hybridized carbons (Fsp3) is 0.278. The molecule has 3 rings (SSSR count). The maximum Gasteiger partial charge on any atom is 0.270 e. The van der Waals surface area contributed by atoms with E-state index >= 15 is 0 Å². The molecule has 1 atom stereocenters. The van der Waals surface area contributed by atoms with Crippen LogP contribution in [0.4, 0.5) is 5.69 Å². The van der Waals surface area contributed by atoms with Gasteiger partial charge in [0, 0.05) is 12.1 Å². The minimum Gasteiger partial charge on any atom is -0.345 e. The minimum atomic E-state index is -0.535. The van der Waals surface area contributed by atoms with E-state index in [0.717, 1.165) is 24.0 Å². The van der Waals surface area contributed by atoms with Crippen LogP contribution in [0.15, 0.2) is 42.5 Å². The molecule has 0 heterocycles. The van der Waals surface area contributed by atoms with Crippen molar-refractivity contribution in [1.29, 1.82) is 0 Å². The maximum atomic E-state index is 12.6. The van der Waals surface area contributed by atoms with Crippen molar-refractivity contribution in [3.05, 3.63) is 74.3 Å². The second-order valence-electron chi connectivity index (χ2n) is 6.12. The topological polar surface area (TPSA) is 72.2 Å². The predicted molar refractivity (Wildman–Crippen MR) is 92.2 cm³/mol. The molecule has 0 aliphatic heterocycles. The summed E-state index contributed by atoms with van der Waals surface area (Å²) in [5, 5.41) is 13.9. The quantitative estimate of drug-likeness (QED) is 0.643. The highest BCUT2D eigenvalue weighted by Gasteiger charge is 2.33. The van der Waals surface area contributed by atoms with E-state index in [2.05, 4.69) is 5.32 Å². The molecule has 0 radical (unpaired) electrons. The summed E-state index contributed by atoms with van der Waals surface area (Å²) >= 11 is 6.05. The Balaban J connectivity index is 1.81. The summed E-state index contributed by atoms with van der Waals surface area (Å²) < 4.78 is 0.